The lowest BCUT2D eigenvalue weighted by Gasteiger charge is -2.29. The Kier molecular flexibility index (Phi) is 13.3. The van der Waals surface area contributed by atoms with E-state index in [0.29, 0.717) is 12.8 Å². The molecule has 7 N–H and O–H groups in total. The van der Waals surface area contributed by atoms with Crippen LogP contribution >= 0.6 is 0 Å². The number of aliphatic carboxylic acids is 2. The Balaban J connectivity index is 3.04. The van der Waals surface area contributed by atoms with Crippen molar-refractivity contribution in [2.45, 2.75) is 84.0 Å². The summed E-state index contributed by atoms with van der Waals surface area (Å²) in [5.41, 5.74) is 6.84. The van der Waals surface area contributed by atoms with E-state index >= 15 is 0 Å². The van der Waals surface area contributed by atoms with Crippen LogP contribution in [-0.4, -0.2) is 64.0 Å². The lowest BCUT2D eigenvalue weighted by molar-refractivity contribution is -0.144. The van der Waals surface area contributed by atoms with E-state index in [-0.39, 0.29) is 24.7 Å². The smallest absolute Gasteiger partial charge is 0.326 e. The average Bonchev–Trinajstić information content (AvgIpc) is 2.86. The molecule has 0 aliphatic rings. The largest absolute Gasteiger partial charge is 0.481 e. The van der Waals surface area contributed by atoms with Crippen LogP contribution < -0.4 is 21.7 Å². The summed E-state index contributed by atoms with van der Waals surface area (Å²) in [7, 11) is 0. The van der Waals surface area contributed by atoms with Crippen LogP contribution in [0.1, 0.15) is 58.9 Å². The van der Waals surface area contributed by atoms with Gasteiger partial charge in [-0.2, -0.15) is 0 Å². The SMILES string of the molecule is CCC(C)C(NC(=O)C(NC(=O)C(CCC(=O)O)NC(=O)C(N)Cc1ccccc1)C(C)CC)C(=O)O. The van der Waals surface area contributed by atoms with E-state index in [0.717, 1.165) is 5.56 Å². The van der Waals surface area contributed by atoms with Crippen molar-refractivity contribution >= 4 is 29.7 Å². The van der Waals surface area contributed by atoms with Crippen molar-refractivity contribution in [3.8, 4) is 0 Å². The summed E-state index contributed by atoms with van der Waals surface area (Å²) in [5, 5.41) is 26.3. The van der Waals surface area contributed by atoms with Crippen LogP contribution in [0.15, 0.2) is 30.3 Å². The highest BCUT2D eigenvalue weighted by atomic mass is 16.4. The van der Waals surface area contributed by atoms with Crippen molar-refractivity contribution in [2.75, 3.05) is 0 Å². The monoisotopic (exact) mass is 520 g/mol. The van der Waals surface area contributed by atoms with Gasteiger partial charge in [-0.1, -0.05) is 70.9 Å². The zero-order valence-corrected chi connectivity index (χ0v) is 21.9. The number of hydrogen-bond donors (Lipinski definition) is 6. The summed E-state index contributed by atoms with van der Waals surface area (Å²) in [5.74, 6) is -5.11. The molecule has 1 aromatic carbocycles. The lowest BCUT2D eigenvalue weighted by atomic mass is 9.95. The average molecular weight is 521 g/mol. The molecule has 3 amide bonds. The van der Waals surface area contributed by atoms with Crippen molar-refractivity contribution in [3.63, 3.8) is 0 Å². The highest BCUT2D eigenvalue weighted by molar-refractivity contribution is 5.94. The van der Waals surface area contributed by atoms with Crippen LogP contribution in [-0.2, 0) is 30.4 Å². The Morgan fingerprint density at radius 1 is 0.811 bits per heavy atom. The van der Waals surface area contributed by atoms with Crippen LogP contribution in [0.3, 0.4) is 0 Å². The number of nitrogens with two attached hydrogens (primary N) is 1. The molecular weight excluding hydrogens is 480 g/mol. The molecule has 0 aliphatic heterocycles. The maximum absolute atomic E-state index is 13.2. The quantitative estimate of drug-likeness (QED) is 0.186. The highest BCUT2D eigenvalue weighted by Gasteiger charge is 2.34. The minimum atomic E-state index is -1.25. The van der Waals surface area contributed by atoms with Gasteiger partial charge >= 0.3 is 11.9 Å². The molecule has 6 atom stereocenters. The number of carbonyl (C=O) groups is 5. The minimum Gasteiger partial charge on any atom is -0.481 e. The summed E-state index contributed by atoms with van der Waals surface area (Å²) >= 11 is 0. The second-order valence-corrected chi connectivity index (χ2v) is 9.37. The molecule has 11 nitrogen and oxygen atoms in total. The van der Waals surface area contributed by atoms with Gasteiger partial charge in [0.25, 0.3) is 0 Å². The molecule has 1 aromatic rings. The molecule has 206 valence electrons. The van der Waals surface area contributed by atoms with Gasteiger partial charge in [-0.3, -0.25) is 19.2 Å². The van der Waals surface area contributed by atoms with Crippen molar-refractivity contribution in [1.29, 1.82) is 0 Å². The Labute approximate surface area is 217 Å². The molecule has 0 radical (unpaired) electrons. The number of carboxylic acid groups (broad SMARTS) is 2. The van der Waals surface area contributed by atoms with Crippen molar-refractivity contribution in [2.24, 2.45) is 17.6 Å². The summed E-state index contributed by atoms with van der Waals surface area (Å²) in [6.07, 6.45) is 0.605. The number of amides is 3. The molecule has 1 rings (SSSR count). The third kappa shape index (κ3) is 10.6. The first-order valence-electron chi connectivity index (χ1n) is 12.6. The van der Waals surface area contributed by atoms with Crippen LogP contribution in [0.25, 0.3) is 0 Å². The van der Waals surface area contributed by atoms with Crippen molar-refractivity contribution in [1.82, 2.24) is 16.0 Å². The third-order valence-electron chi connectivity index (χ3n) is 6.49. The zero-order valence-electron chi connectivity index (χ0n) is 21.9. The normalized spacial score (nSPS) is 15.8. The fourth-order valence-electron chi connectivity index (χ4n) is 3.66. The Morgan fingerprint density at radius 3 is 1.86 bits per heavy atom. The Hall–Kier alpha value is -3.47. The second-order valence-electron chi connectivity index (χ2n) is 9.37. The van der Waals surface area contributed by atoms with Gasteiger partial charge in [-0.25, -0.2) is 4.79 Å². The summed E-state index contributed by atoms with van der Waals surface area (Å²) in [4.78, 5) is 61.8. The Morgan fingerprint density at radius 2 is 1.35 bits per heavy atom. The van der Waals surface area contributed by atoms with Gasteiger partial charge in [0, 0.05) is 6.42 Å². The first-order chi connectivity index (χ1) is 17.4. The predicted molar refractivity (Wildman–Crippen MR) is 137 cm³/mol. The predicted octanol–water partition coefficient (Wildman–Crippen LogP) is 1.05. The highest BCUT2D eigenvalue weighted by Crippen LogP contribution is 2.13. The second kappa shape index (κ2) is 15.6. The van der Waals surface area contributed by atoms with Gasteiger partial charge < -0.3 is 31.9 Å². The van der Waals surface area contributed by atoms with E-state index in [4.69, 9.17) is 10.8 Å². The summed E-state index contributed by atoms with van der Waals surface area (Å²) in [6, 6.07) is 4.58. The topological polar surface area (TPSA) is 188 Å². The number of carboxylic acids is 2. The first kappa shape index (κ1) is 31.6. The molecule has 11 heteroatoms. The number of hydrogen-bond acceptors (Lipinski definition) is 6. The Bertz CT molecular complexity index is 925. The number of carbonyl (C=O) groups excluding carboxylic acids is 3. The molecular formula is C26H40N4O7. The van der Waals surface area contributed by atoms with Crippen LogP contribution in [0.2, 0.25) is 0 Å². The zero-order chi connectivity index (χ0) is 28.1. The van der Waals surface area contributed by atoms with Crippen LogP contribution in [0.4, 0.5) is 0 Å². The fraction of sp³-hybridized carbons (Fsp3) is 0.577. The molecule has 0 saturated heterocycles. The van der Waals surface area contributed by atoms with E-state index in [9.17, 15) is 29.1 Å². The number of nitrogens with one attached hydrogen (secondary N) is 3. The van der Waals surface area contributed by atoms with Gasteiger partial charge in [0.05, 0.1) is 6.04 Å². The maximum atomic E-state index is 13.2. The minimum absolute atomic E-state index is 0.212. The first-order valence-corrected chi connectivity index (χ1v) is 12.6. The van der Waals surface area contributed by atoms with Gasteiger partial charge in [-0.05, 0) is 30.2 Å². The lowest BCUT2D eigenvalue weighted by Crippen LogP contribution is -2.59. The molecule has 0 saturated carbocycles. The van der Waals surface area contributed by atoms with Crippen LogP contribution in [0.5, 0.6) is 0 Å². The number of rotatable bonds is 16. The van der Waals surface area contributed by atoms with E-state index in [1.165, 1.54) is 0 Å². The molecule has 6 unspecified atom stereocenters. The molecule has 0 fully saturated rings. The summed E-state index contributed by atoms with van der Waals surface area (Å²) in [6.45, 7) is 7.04. The van der Waals surface area contributed by atoms with E-state index < -0.39 is 60.2 Å². The van der Waals surface area contributed by atoms with E-state index in [1.54, 1.807) is 45.0 Å². The number of benzene rings is 1. The van der Waals surface area contributed by atoms with Crippen molar-refractivity contribution < 1.29 is 34.2 Å². The molecule has 0 aliphatic carbocycles. The van der Waals surface area contributed by atoms with Gasteiger partial charge in [-0.15, -0.1) is 0 Å². The fourth-order valence-corrected chi connectivity index (χ4v) is 3.66. The van der Waals surface area contributed by atoms with E-state index in [1.807, 2.05) is 13.0 Å². The van der Waals surface area contributed by atoms with Gasteiger partial charge in [0.2, 0.25) is 17.7 Å². The van der Waals surface area contributed by atoms with Crippen LogP contribution in [0, 0.1) is 11.8 Å². The standard InChI is InChI=1S/C26H40N4O7/c1-5-15(3)21(25(35)30-22(26(36)37)16(4)6-2)29-24(34)19(12-13-20(31)32)28-23(33)18(27)14-17-10-8-7-9-11-17/h7-11,15-16,18-19,21-22H,5-6,12-14,27H2,1-4H3,(H,28,33)(H,29,34)(H,30,35)(H,31,32)(H,36,37). The van der Waals surface area contributed by atoms with Gasteiger partial charge in [0.15, 0.2) is 0 Å². The summed E-state index contributed by atoms with van der Waals surface area (Å²) < 4.78 is 0. The maximum Gasteiger partial charge on any atom is 0.326 e. The third-order valence-corrected chi connectivity index (χ3v) is 6.49. The molecule has 0 heterocycles. The molecule has 0 spiro atoms. The molecule has 0 aromatic heterocycles. The van der Waals surface area contributed by atoms with E-state index in [2.05, 4.69) is 16.0 Å². The molecule has 0 bridgehead atoms. The van der Waals surface area contributed by atoms with Gasteiger partial charge in [0.1, 0.15) is 18.1 Å². The van der Waals surface area contributed by atoms with Crippen molar-refractivity contribution in [3.05, 3.63) is 35.9 Å². The molecule has 37 heavy (non-hydrogen) atoms.